The van der Waals surface area contributed by atoms with Gasteiger partial charge in [-0.15, -0.1) is 0 Å². The molecule has 1 aliphatic rings. The summed E-state index contributed by atoms with van der Waals surface area (Å²) in [5.74, 6) is 1.43. The van der Waals surface area contributed by atoms with E-state index in [4.69, 9.17) is 4.74 Å². The standard InChI is InChI=1S/C25H27FN6O/c1-2-17-11-19(13-20(12-17)33-10-8-18-7-9-27-14-18)30-25-28-15-21(26)24(31-25)32-16-29-22-5-3-4-6-23(22)32/h3-6,11-13,15-16,18,27H,2,7-10,14H2,1H3,(H,28,30,31). The first kappa shape index (κ1) is 21.3. The van der Waals surface area contributed by atoms with Crippen molar-refractivity contribution in [3.8, 4) is 11.6 Å². The highest BCUT2D eigenvalue weighted by molar-refractivity contribution is 5.76. The molecule has 5 rings (SSSR count). The first-order valence-corrected chi connectivity index (χ1v) is 11.4. The van der Waals surface area contributed by atoms with Crippen molar-refractivity contribution in [3.63, 3.8) is 0 Å². The predicted octanol–water partition coefficient (Wildman–Crippen LogP) is 4.64. The molecule has 8 heteroatoms. The number of anilines is 2. The van der Waals surface area contributed by atoms with Gasteiger partial charge in [0.1, 0.15) is 12.1 Å². The fraction of sp³-hybridized carbons (Fsp3) is 0.320. The summed E-state index contributed by atoms with van der Waals surface area (Å²) < 4.78 is 22.3. The van der Waals surface area contributed by atoms with Crippen molar-refractivity contribution in [1.29, 1.82) is 0 Å². The highest BCUT2D eigenvalue weighted by Crippen LogP contribution is 2.26. The number of para-hydroxylation sites is 2. The molecule has 1 saturated heterocycles. The predicted molar refractivity (Wildman–Crippen MR) is 127 cm³/mol. The molecular weight excluding hydrogens is 419 g/mol. The number of hydrogen-bond donors (Lipinski definition) is 2. The second-order valence-electron chi connectivity index (χ2n) is 8.31. The molecule has 1 fully saturated rings. The van der Waals surface area contributed by atoms with E-state index < -0.39 is 5.82 Å². The second kappa shape index (κ2) is 9.54. The molecule has 7 nitrogen and oxygen atoms in total. The van der Waals surface area contributed by atoms with Crippen molar-refractivity contribution < 1.29 is 9.13 Å². The highest BCUT2D eigenvalue weighted by Gasteiger charge is 2.15. The number of ether oxygens (including phenoxy) is 1. The van der Waals surface area contributed by atoms with Gasteiger partial charge in [-0.2, -0.15) is 4.98 Å². The number of aromatic nitrogens is 4. The van der Waals surface area contributed by atoms with Crippen molar-refractivity contribution >= 4 is 22.7 Å². The van der Waals surface area contributed by atoms with Gasteiger partial charge in [0.2, 0.25) is 5.95 Å². The van der Waals surface area contributed by atoms with Gasteiger partial charge in [-0.1, -0.05) is 19.1 Å². The Hall–Kier alpha value is -3.52. The SMILES string of the molecule is CCc1cc(Nc2ncc(F)c(-n3cnc4ccccc43)n2)cc(OCCC2CCNC2)c1. The van der Waals surface area contributed by atoms with Crippen LogP contribution in [-0.2, 0) is 6.42 Å². The van der Waals surface area contributed by atoms with Gasteiger partial charge in [0, 0.05) is 11.8 Å². The quantitative estimate of drug-likeness (QED) is 0.411. The van der Waals surface area contributed by atoms with Crippen LogP contribution in [0.25, 0.3) is 16.9 Å². The second-order valence-corrected chi connectivity index (χ2v) is 8.31. The van der Waals surface area contributed by atoms with Gasteiger partial charge in [-0.05, 0) is 68.1 Å². The number of nitrogens with zero attached hydrogens (tertiary/aromatic N) is 4. The van der Waals surface area contributed by atoms with Crippen LogP contribution in [0.4, 0.5) is 16.0 Å². The van der Waals surface area contributed by atoms with Crippen molar-refractivity contribution in [2.45, 2.75) is 26.2 Å². The van der Waals surface area contributed by atoms with Gasteiger partial charge < -0.3 is 15.4 Å². The molecule has 1 aliphatic heterocycles. The lowest BCUT2D eigenvalue weighted by molar-refractivity contribution is 0.283. The van der Waals surface area contributed by atoms with Gasteiger partial charge in [0.15, 0.2) is 11.6 Å². The van der Waals surface area contributed by atoms with Gasteiger partial charge in [0.25, 0.3) is 0 Å². The van der Waals surface area contributed by atoms with E-state index in [1.165, 1.54) is 12.6 Å². The van der Waals surface area contributed by atoms with Gasteiger partial charge in [-0.3, -0.25) is 4.57 Å². The summed E-state index contributed by atoms with van der Waals surface area (Å²) in [5, 5.41) is 6.61. The van der Waals surface area contributed by atoms with E-state index in [9.17, 15) is 4.39 Å². The molecule has 1 atom stereocenters. The first-order valence-electron chi connectivity index (χ1n) is 11.4. The van der Waals surface area contributed by atoms with E-state index in [0.717, 1.165) is 54.0 Å². The zero-order chi connectivity index (χ0) is 22.6. The Morgan fingerprint density at radius 1 is 1.21 bits per heavy atom. The van der Waals surface area contributed by atoms with E-state index in [1.54, 1.807) is 10.9 Å². The molecule has 0 spiro atoms. The Morgan fingerprint density at radius 2 is 2.12 bits per heavy atom. The van der Waals surface area contributed by atoms with Crippen LogP contribution in [0.2, 0.25) is 0 Å². The lowest BCUT2D eigenvalue weighted by Gasteiger charge is -2.14. The van der Waals surface area contributed by atoms with Gasteiger partial charge in [-0.25, -0.2) is 14.4 Å². The summed E-state index contributed by atoms with van der Waals surface area (Å²) in [7, 11) is 0. The van der Waals surface area contributed by atoms with Crippen LogP contribution in [0, 0.1) is 11.7 Å². The molecule has 0 radical (unpaired) electrons. The first-order chi connectivity index (χ1) is 16.2. The summed E-state index contributed by atoms with van der Waals surface area (Å²) in [5.41, 5.74) is 3.50. The zero-order valence-corrected chi connectivity index (χ0v) is 18.6. The van der Waals surface area contributed by atoms with E-state index >= 15 is 0 Å². The van der Waals surface area contributed by atoms with E-state index in [-0.39, 0.29) is 5.82 Å². The maximum Gasteiger partial charge on any atom is 0.229 e. The average Bonchev–Trinajstić information content (AvgIpc) is 3.50. The summed E-state index contributed by atoms with van der Waals surface area (Å²) >= 11 is 0. The number of aryl methyl sites for hydroxylation is 1. The number of rotatable bonds is 8. The minimum Gasteiger partial charge on any atom is -0.493 e. The highest BCUT2D eigenvalue weighted by atomic mass is 19.1. The maximum absolute atomic E-state index is 14.6. The molecule has 170 valence electrons. The molecule has 2 aromatic heterocycles. The number of hydrogen-bond acceptors (Lipinski definition) is 6. The Balaban J connectivity index is 1.36. The lowest BCUT2D eigenvalue weighted by atomic mass is 10.1. The third kappa shape index (κ3) is 4.80. The Labute approximate surface area is 192 Å². The Kier molecular flexibility index (Phi) is 6.17. The molecule has 4 aromatic rings. The topological polar surface area (TPSA) is 76.9 Å². The lowest BCUT2D eigenvalue weighted by Crippen LogP contribution is -2.11. The molecule has 2 aromatic carbocycles. The van der Waals surface area contributed by atoms with Crippen molar-refractivity contribution in [1.82, 2.24) is 24.8 Å². The largest absolute Gasteiger partial charge is 0.493 e. The molecule has 3 heterocycles. The minimum absolute atomic E-state index is 0.148. The van der Waals surface area contributed by atoms with Gasteiger partial charge >= 0.3 is 0 Å². The summed E-state index contributed by atoms with van der Waals surface area (Å²) in [4.78, 5) is 12.9. The van der Waals surface area contributed by atoms with Crippen LogP contribution in [-0.4, -0.2) is 39.2 Å². The average molecular weight is 447 g/mol. The number of imidazole rings is 1. The monoisotopic (exact) mass is 446 g/mol. The van der Waals surface area contributed by atoms with Crippen LogP contribution in [0.3, 0.4) is 0 Å². The van der Waals surface area contributed by atoms with Crippen molar-refractivity contribution in [2.75, 3.05) is 25.0 Å². The third-order valence-electron chi connectivity index (χ3n) is 6.00. The fourth-order valence-electron chi connectivity index (χ4n) is 4.17. The minimum atomic E-state index is -0.517. The Bertz CT molecular complexity index is 1250. The molecule has 0 aliphatic carbocycles. The summed E-state index contributed by atoms with van der Waals surface area (Å²) in [6.45, 7) is 4.95. The molecule has 2 N–H and O–H groups in total. The summed E-state index contributed by atoms with van der Waals surface area (Å²) in [6, 6.07) is 13.6. The zero-order valence-electron chi connectivity index (χ0n) is 18.6. The number of nitrogens with one attached hydrogen (secondary N) is 2. The Morgan fingerprint density at radius 3 is 2.97 bits per heavy atom. The number of fused-ring (bicyclic) bond motifs is 1. The van der Waals surface area contributed by atoms with E-state index in [0.29, 0.717) is 18.5 Å². The van der Waals surface area contributed by atoms with Gasteiger partial charge in [0.05, 0.1) is 23.8 Å². The van der Waals surface area contributed by atoms with Crippen molar-refractivity contribution in [2.24, 2.45) is 5.92 Å². The smallest absolute Gasteiger partial charge is 0.229 e. The van der Waals surface area contributed by atoms with Crippen LogP contribution >= 0.6 is 0 Å². The van der Waals surface area contributed by atoms with E-state index in [2.05, 4.69) is 38.6 Å². The molecular formula is C25H27FN6O. The van der Waals surface area contributed by atoms with Crippen LogP contribution < -0.4 is 15.4 Å². The van der Waals surface area contributed by atoms with Crippen molar-refractivity contribution in [3.05, 3.63) is 66.4 Å². The van der Waals surface area contributed by atoms with Crippen LogP contribution in [0.5, 0.6) is 5.75 Å². The maximum atomic E-state index is 14.6. The number of benzene rings is 2. The normalized spacial score (nSPS) is 15.8. The molecule has 33 heavy (non-hydrogen) atoms. The molecule has 0 bridgehead atoms. The molecule has 0 amide bonds. The summed E-state index contributed by atoms with van der Waals surface area (Å²) in [6.07, 6.45) is 5.87. The van der Waals surface area contributed by atoms with Crippen LogP contribution in [0.15, 0.2) is 55.0 Å². The molecule has 1 unspecified atom stereocenters. The number of halogens is 1. The third-order valence-corrected chi connectivity index (χ3v) is 6.00. The molecule has 0 saturated carbocycles. The fourth-order valence-corrected chi connectivity index (χ4v) is 4.17. The van der Waals surface area contributed by atoms with E-state index in [1.807, 2.05) is 36.4 Å². The van der Waals surface area contributed by atoms with Crippen LogP contribution in [0.1, 0.15) is 25.3 Å².